The number of amides is 1. The van der Waals surface area contributed by atoms with Gasteiger partial charge in [-0.25, -0.2) is 0 Å². The maximum atomic E-state index is 11.2. The second-order valence-corrected chi connectivity index (χ2v) is 3.47. The van der Waals surface area contributed by atoms with Gasteiger partial charge in [0.05, 0.1) is 0 Å². The van der Waals surface area contributed by atoms with E-state index < -0.39 is 7.12 Å². The lowest BCUT2D eigenvalue weighted by molar-refractivity contribution is -0.115. The van der Waals surface area contributed by atoms with E-state index in [4.69, 9.17) is 10.0 Å². The zero-order valence-corrected chi connectivity index (χ0v) is 8.95. The molecule has 0 aliphatic rings. The summed E-state index contributed by atoms with van der Waals surface area (Å²) in [7, 11) is -1.52. The summed E-state index contributed by atoms with van der Waals surface area (Å²) in [6, 6.07) is 6.41. The molecule has 0 bridgehead atoms. The molecule has 0 unspecified atom stereocenters. The van der Waals surface area contributed by atoms with Crippen LogP contribution in [-0.2, 0) is 4.79 Å². The van der Waals surface area contributed by atoms with Crippen LogP contribution in [0.5, 0.6) is 0 Å². The van der Waals surface area contributed by atoms with Gasteiger partial charge in [-0.05, 0) is 23.3 Å². The summed E-state index contributed by atoms with van der Waals surface area (Å²) in [5.41, 5.74) is 0.894. The molecule has 6 heteroatoms. The van der Waals surface area contributed by atoms with Crippen LogP contribution in [0.1, 0.15) is 6.42 Å². The van der Waals surface area contributed by atoms with Crippen molar-refractivity contribution in [1.29, 1.82) is 0 Å². The highest BCUT2D eigenvalue weighted by molar-refractivity contribution is 7.80. The Bertz CT molecular complexity index is 346. The first kappa shape index (κ1) is 12.1. The largest absolute Gasteiger partial charge is 0.488 e. The van der Waals surface area contributed by atoms with Crippen molar-refractivity contribution in [3.8, 4) is 0 Å². The fraction of sp³-hybridized carbons (Fsp3) is 0.222. The number of nitrogens with one attached hydrogen (secondary N) is 1. The molecule has 1 aromatic carbocycles. The molecule has 4 nitrogen and oxygen atoms in total. The van der Waals surface area contributed by atoms with Crippen LogP contribution in [0.15, 0.2) is 24.3 Å². The topological polar surface area (TPSA) is 69.6 Å². The van der Waals surface area contributed by atoms with Gasteiger partial charge in [-0.2, -0.15) is 12.6 Å². The van der Waals surface area contributed by atoms with E-state index >= 15 is 0 Å². The number of rotatable bonds is 4. The fourth-order valence-electron chi connectivity index (χ4n) is 1.10. The molecular formula is C9H12BNO3S. The number of hydrogen-bond acceptors (Lipinski definition) is 4. The number of thiol groups is 1. The van der Waals surface area contributed by atoms with Gasteiger partial charge in [-0.1, -0.05) is 12.1 Å². The van der Waals surface area contributed by atoms with Gasteiger partial charge in [0.15, 0.2) is 0 Å². The van der Waals surface area contributed by atoms with E-state index in [9.17, 15) is 4.79 Å². The molecule has 0 aliphatic heterocycles. The van der Waals surface area contributed by atoms with Crippen LogP contribution in [0.3, 0.4) is 0 Å². The van der Waals surface area contributed by atoms with Crippen LogP contribution in [0.2, 0.25) is 0 Å². The maximum Gasteiger partial charge on any atom is 0.488 e. The van der Waals surface area contributed by atoms with E-state index in [1.807, 2.05) is 0 Å². The van der Waals surface area contributed by atoms with Gasteiger partial charge in [-0.15, -0.1) is 0 Å². The molecule has 1 aromatic rings. The van der Waals surface area contributed by atoms with Gasteiger partial charge in [-0.3, -0.25) is 4.79 Å². The fourth-order valence-corrected chi connectivity index (χ4v) is 1.31. The number of hydrogen-bond donors (Lipinski definition) is 4. The van der Waals surface area contributed by atoms with E-state index in [-0.39, 0.29) is 5.91 Å². The summed E-state index contributed by atoms with van der Waals surface area (Å²) >= 11 is 3.94. The first-order chi connectivity index (χ1) is 7.13. The maximum absolute atomic E-state index is 11.2. The summed E-state index contributed by atoms with van der Waals surface area (Å²) in [6.07, 6.45) is 0.328. The van der Waals surface area contributed by atoms with Crippen LogP contribution in [0.25, 0.3) is 0 Å². The Balaban J connectivity index is 2.69. The third kappa shape index (κ3) is 3.95. The van der Waals surface area contributed by atoms with Crippen LogP contribution in [0.4, 0.5) is 5.69 Å². The molecule has 0 fully saturated rings. The van der Waals surface area contributed by atoms with Crippen molar-refractivity contribution in [1.82, 2.24) is 0 Å². The van der Waals surface area contributed by atoms with Crippen LogP contribution >= 0.6 is 12.6 Å². The summed E-state index contributed by atoms with van der Waals surface area (Å²) in [4.78, 5) is 11.2. The Kier molecular flexibility index (Phi) is 4.67. The molecule has 80 valence electrons. The monoisotopic (exact) mass is 225 g/mol. The molecule has 1 amide bonds. The van der Waals surface area contributed by atoms with Gasteiger partial charge in [0.25, 0.3) is 0 Å². The quantitative estimate of drug-likeness (QED) is 0.417. The molecule has 15 heavy (non-hydrogen) atoms. The Hall–Kier alpha value is -0.975. The van der Waals surface area contributed by atoms with Crippen LogP contribution < -0.4 is 10.8 Å². The number of anilines is 1. The first-order valence-electron chi connectivity index (χ1n) is 4.50. The smallest absolute Gasteiger partial charge is 0.423 e. The minimum atomic E-state index is -1.52. The Morgan fingerprint density at radius 2 is 2.20 bits per heavy atom. The van der Waals surface area contributed by atoms with Gasteiger partial charge < -0.3 is 15.4 Å². The highest BCUT2D eigenvalue weighted by Crippen LogP contribution is 2.04. The lowest BCUT2D eigenvalue weighted by Gasteiger charge is -2.06. The highest BCUT2D eigenvalue weighted by atomic mass is 32.1. The summed E-state index contributed by atoms with van der Waals surface area (Å²) < 4.78 is 0. The van der Waals surface area contributed by atoms with Gasteiger partial charge >= 0.3 is 7.12 Å². The van der Waals surface area contributed by atoms with E-state index in [2.05, 4.69) is 17.9 Å². The van der Waals surface area contributed by atoms with Crippen molar-refractivity contribution < 1.29 is 14.8 Å². The second-order valence-electron chi connectivity index (χ2n) is 3.02. The first-order valence-corrected chi connectivity index (χ1v) is 5.13. The highest BCUT2D eigenvalue weighted by Gasteiger charge is 2.11. The van der Waals surface area contributed by atoms with Crippen molar-refractivity contribution in [2.24, 2.45) is 0 Å². The minimum Gasteiger partial charge on any atom is -0.423 e. The van der Waals surface area contributed by atoms with Crippen molar-refractivity contribution >= 4 is 36.8 Å². The van der Waals surface area contributed by atoms with Crippen molar-refractivity contribution in [2.45, 2.75) is 6.42 Å². The minimum absolute atomic E-state index is 0.144. The van der Waals surface area contributed by atoms with E-state index in [0.29, 0.717) is 23.3 Å². The number of benzene rings is 1. The van der Waals surface area contributed by atoms with Crippen molar-refractivity contribution in [3.05, 3.63) is 24.3 Å². The Labute approximate surface area is 93.9 Å². The molecule has 3 N–H and O–H groups in total. The number of carbonyl (C=O) groups is 1. The molecule has 0 heterocycles. The number of carbonyl (C=O) groups excluding carboxylic acids is 1. The molecular weight excluding hydrogens is 213 g/mol. The molecule has 1 rings (SSSR count). The van der Waals surface area contributed by atoms with E-state index in [0.717, 1.165) is 0 Å². The van der Waals surface area contributed by atoms with Gasteiger partial charge in [0.2, 0.25) is 5.91 Å². The predicted molar refractivity (Wildman–Crippen MR) is 63.4 cm³/mol. The lowest BCUT2D eigenvalue weighted by atomic mass is 9.80. The standard InChI is InChI=1S/C9H12BNO3S/c12-9(4-5-15)11-8-3-1-2-7(6-8)10(13)14/h1-3,6,13-15H,4-5H2,(H,11,12). The average molecular weight is 225 g/mol. The second kappa shape index (κ2) is 5.80. The third-order valence-electron chi connectivity index (χ3n) is 1.81. The van der Waals surface area contributed by atoms with Gasteiger partial charge in [0, 0.05) is 12.1 Å². The molecule has 0 aromatic heterocycles. The molecule has 0 saturated heterocycles. The Morgan fingerprint density at radius 1 is 1.47 bits per heavy atom. The summed E-state index contributed by atoms with van der Waals surface area (Å²) in [5, 5.41) is 20.5. The normalized spacial score (nSPS) is 9.80. The third-order valence-corrected chi connectivity index (χ3v) is 2.03. The van der Waals surface area contributed by atoms with E-state index in [1.165, 1.54) is 6.07 Å². The molecule has 0 aliphatic carbocycles. The van der Waals surface area contributed by atoms with Crippen molar-refractivity contribution in [3.63, 3.8) is 0 Å². The van der Waals surface area contributed by atoms with Crippen LogP contribution in [-0.4, -0.2) is 28.8 Å². The lowest BCUT2D eigenvalue weighted by Crippen LogP contribution is -2.30. The molecule has 0 radical (unpaired) electrons. The predicted octanol–water partition coefficient (Wildman–Crippen LogP) is -0.375. The Morgan fingerprint density at radius 3 is 2.80 bits per heavy atom. The molecule has 0 saturated carbocycles. The van der Waals surface area contributed by atoms with E-state index in [1.54, 1.807) is 18.2 Å². The van der Waals surface area contributed by atoms with Gasteiger partial charge in [0.1, 0.15) is 0 Å². The summed E-state index contributed by atoms with van der Waals surface area (Å²) in [5.74, 6) is 0.336. The SMILES string of the molecule is O=C(CCS)Nc1cccc(B(O)O)c1. The van der Waals surface area contributed by atoms with Crippen LogP contribution in [0, 0.1) is 0 Å². The average Bonchev–Trinajstić information content (AvgIpc) is 2.18. The molecule has 0 spiro atoms. The zero-order valence-electron chi connectivity index (χ0n) is 8.05. The van der Waals surface area contributed by atoms with Crippen molar-refractivity contribution in [2.75, 3.05) is 11.1 Å². The molecule has 0 atom stereocenters. The zero-order chi connectivity index (χ0) is 11.3. The summed E-state index contributed by atoms with van der Waals surface area (Å²) in [6.45, 7) is 0.